The molecular formula is C26H44O6Sn. The molecule has 0 bridgehead atoms. The van der Waals surface area contributed by atoms with Crippen molar-refractivity contribution in [2.45, 2.75) is 110 Å². The third-order valence-electron chi connectivity index (χ3n) is 6.96. The Hall–Kier alpha value is -0.221. The van der Waals surface area contributed by atoms with E-state index in [2.05, 4.69) is 20.8 Å². The molecule has 33 heavy (non-hydrogen) atoms. The van der Waals surface area contributed by atoms with E-state index in [9.17, 15) is 5.11 Å². The van der Waals surface area contributed by atoms with Gasteiger partial charge >= 0.3 is 205 Å². The van der Waals surface area contributed by atoms with Crippen molar-refractivity contribution in [2.75, 3.05) is 13.7 Å². The molecule has 0 radical (unpaired) electrons. The summed E-state index contributed by atoms with van der Waals surface area (Å²) in [4.78, 5) is 0. The summed E-state index contributed by atoms with van der Waals surface area (Å²) in [6.07, 6.45) is 3.74. The van der Waals surface area contributed by atoms with Crippen LogP contribution in [0.2, 0.25) is 13.3 Å². The Labute approximate surface area is 204 Å². The van der Waals surface area contributed by atoms with Crippen LogP contribution in [0.15, 0.2) is 30.3 Å². The molecule has 1 aromatic carbocycles. The molecule has 0 amide bonds. The molecule has 0 aromatic heterocycles. The first-order valence-electron chi connectivity index (χ1n) is 12.9. The second-order valence-electron chi connectivity index (χ2n) is 9.52. The quantitative estimate of drug-likeness (QED) is 0.313. The number of unbranched alkanes of at least 4 members (excludes halogenated alkanes) is 3. The summed E-state index contributed by atoms with van der Waals surface area (Å²) in [5, 5.41) is 11.5. The van der Waals surface area contributed by atoms with Crippen molar-refractivity contribution in [3.05, 3.63) is 35.9 Å². The van der Waals surface area contributed by atoms with Gasteiger partial charge in [-0.15, -0.1) is 0 Å². The van der Waals surface area contributed by atoms with Crippen LogP contribution in [0.4, 0.5) is 0 Å². The number of ether oxygens (including phenoxy) is 4. The third kappa shape index (κ3) is 7.15. The Bertz CT molecular complexity index is 652. The molecule has 2 aliphatic rings. The molecule has 2 fully saturated rings. The van der Waals surface area contributed by atoms with Crippen molar-refractivity contribution >= 4 is 18.8 Å². The van der Waals surface area contributed by atoms with E-state index >= 15 is 0 Å². The number of aliphatic hydroxyl groups excluding tert-OH is 1. The standard InChI is InChI=1S/C14H17O6.3C4H9.Sn/c1-17-14-11(16)10(15)12-9(19-14)7-18-13(20-12)8-5-3-2-4-6-8;3*1-3-4-2;/h2-6,9-15H,7H2,1H3;3*1,3-4H2,2H3;/q-1;;;;+1/t9-,10-,11-,12-,13-,14+;;;;/m1..../s1. The van der Waals surface area contributed by atoms with Crippen LogP contribution >= 0.6 is 0 Å². The zero-order valence-corrected chi connectivity index (χ0v) is 23.8. The Kier molecular flexibility index (Phi) is 11.4. The maximum absolute atomic E-state index is 11.5. The van der Waals surface area contributed by atoms with Crippen LogP contribution in [0.5, 0.6) is 0 Å². The van der Waals surface area contributed by atoms with Gasteiger partial charge in [0, 0.05) is 0 Å². The predicted octanol–water partition coefficient (Wildman–Crippen LogP) is 5.56. The van der Waals surface area contributed by atoms with Gasteiger partial charge in [0.15, 0.2) is 0 Å². The van der Waals surface area contributed by atoms with Gasteiger partial charge in [-0.05, 0) is 0 Å². The molecular weight excluding hydrogens is 527 g/mol. The molecule has 2 heterocycles. The first-order valence-corrected chi connectivity index (χ1v) is 20.2. The van der Waals surface area contributed by atoms with Crippen molar-refractivity contribution in [1.29, 1.82) is 0 Å². The average molecular weight is 571 g/mol. The zero-order valence-electron chi connectivity index (χ0n) is 20.9. The minimum absolute atomic E-state index is 0.351. The van der Waals surface area contributed by atoms with Gasteiger partial charge in [-0.3, -0.25) is 0 Å². The van der Waals surface area contributed by atoms with Gasteiger partial charge in [0.2, 0.25) is 0 Å². The SMILES string of the molecule is CCC[CH2][Sn]([CH2]CCC)([CH2]CCC)[O][C@H]1[C@@H](OC)O[C@@H]2CO[C@@H](c3ccccc3)O[C@H]2[C@@H]1O. The molecule has 1 aromatic rings. The zero-order chi connectivity index (χ0) is 23.7. The summed E-state index contributed by atoms with van der Waals surface area (Å²) in [5.74, 6) is 0. The molecule has 0 spiro atoms. The van der Waals surface area contributed by atoms with Gasteiger partial charge in [-0.2, -0.15) is 0 Å². The van der Waals surface area contributed by atoms with Crippen LogP contribution in [-0.4, -0.2) is 68.3 Å². The van der Waals surface area contributed by atoms with E-state index in [0.717, 1.165) is 5.56 Å². The van der Waals surface area contributed by atoms with E-state index < -0.39 is 49.7 Å². The number of aliphatic hydroxyl groups is 1. The normalized spacial score (nSPS) is 30.2. The van der Waals surface area contributed by atoms with E-state index in [1.165, 1.54) is 51.8 Å². The fourth-order valence-corrected chi connectivity index (χ4v) is 19.1. The van der Waals surface area contributed by atoms with Crippen LogP contribution in [-0.2, 0) is 22.0 Å². The fraction of sp³-hybridized carbons (Fsp3) is 0.769. The summed E-state index contributed by atoms with van der Waals surface area (Å²) < 4.78 is 34.8. The number of hydrogen-bond acceptors (Lipinski definition) is 6. The Morgan fingerprint density at radius 2 is 1.55 bits per heavy atom. The molecule has 2 saturated heterocycles. The van der Waals surface area contributed by atoms with Crippen molar-refractivity contribution in [3.8, 4) is 0 Å². The van der Waals surface area contributed by atoms with E-state index in [4.69, 9.17) is 22.0 Å². The van der Waals surface area contributed by atoms with Gasteiger partial charge in [0.1, 0.15) is 0 Å². The van der Waals surface area contributed by atoms with Crippen molar-refractivity contribution in [3.63, 3.8) is 0 Å². The predicted molar refractivity (Wildman–Crippen MR) is 131 cm³/mol. The summed E-state index contributed by atoms with van der Waals surface area (Å²) in [7, 11) is 1.63. The number of hydrogen-bond donors (Lipinski definition) is 1. The molecule has 0 aliphatic carbocycles. The first-order chi connectivity index (χ1) is 16.1. The maximum atomic E-state index is 11.5. The molecule has 6 atom stereocenters. The second kappa shape index (κ2) is 13.8. The van der Waals surface area contributed by atoms with Gasteiger partial charge in [0.05, 0.1) is 0 Å². The molecule has 188 valence electrons. The summed E-state index contributed by atoms with van der Waals surface area (Å²) >= 11 is -3.01. The van der Waals surface area contributed by atoms with Gasteiger partial charge in [-0.25, -0.2) is 0 Å². The molecule has 2 aliphatic heterocycles. The Morgan fingerprint density at radius 1 is 0.939 bits per heavy atom. The van der Waals surface area contributed by atoms with Crippen LogP contribution in [0.1, 0.15) is 71.1 Å². The van der Waals surface area contributed by atoms with Crippen molar-refractivity contribution < 1.29 is 27.1 Å². The van der Waals surface area contributed by atoms with Crippen LogP contribution in [0.25, 0.3) is 0 Å². The summed E-state index contributed by atoms with van der Waals surface area (Å²) in [6, 6.07) is 9.86. The van der Waals surface area contributed by atoms with Gasteiger partial charge in [-0.1, -0.05) is 0 Å². The fourth-order valence-electron chi connectivity index (χ4n) is 5.00. The van der Waals surface area contributed by atoms with Crippen LogP contribution in [0, 0.1) is 0 Å². The van der Waals surface area contributed by atoms with E-state index in [1.54, 1.807) is 7.11 Å². The number of rotatable bonds is 13. The Morgan fingerprint density at radius 3 is 2.09 bits per heavy atom. The molecule has 3 rings (SSSR count). The topological polar surface area (TPSA) is 66.4 Å². The number of methoxy groups -OCH3 is 1. The summed E-state index contributed by atoms with van der Waals surface area (Å²) in [6.45, 7) is 7.09. The summed E-state index contributed by atoms with van der Waals surface area (Å²) in [5.41, 5.74) is 0.942. The van der Waals surface area contributed by atoms with Gasteiger partial charge in [0.25, 0.3) is 0 Å². The van der Waals surface area contributed by atoms with E-state index in [-0.39, 0.29) is 6.10 Å². The Balaban J connectivity index is 1.80. The van der Waals surface area contributed by atoms with E-state index in [0.29, 0.717) is 6.61 Å². The molecule has 6 nitrogen and oxygen atoms in total. The van der Waals surface area contributed by atoms with Crippen LogP contribution in [0.3, 0.4) is 0 Å². The molecule has 0 unspecified atom stereocenters. The number of fused-ring (bicyclic) bond motifs is 1. The first kappa shape index (κ1) is 27.4. The van der Waals surface area contributed by atoms with Crippen LogP contribution < -0.4 is 0 Å². The average Bonchev–Trinajstić information content (AvgIpc) is 2.86. The minimum atomic E-state index is -3.01. The van der Waals surface area contributed by atoms with E-state index in [1.807, 2.05) is 30.3 Å². The number of benzene rings is 1. The van der Waals surface area contributed by atoms with Crippen molar-refractivity contribution in [1.82, 2.24) is 0 Å². The van der Waals surface area contributed by atoms with Crippen molar-refractivity contribution in [2.24, 2.45) is 0 Å². The van der Waals surface area contributed by atoms with Gasteiger partial charge < -0.3 is 0 Å². The third-order valence-corrected chi connectivity index (χ3v) is 20.0. The monoisotopic (exact) mass is 572 g/mol. The molecule has 1 N–H and O–H groups in total. The molecule has 0 saturated carbocycles. The molecule has 7 heteroatoms. The second-order valence-corrected chi connectivity index (χ2v) is 21.2.